The second kappa shape index (κ2) is 5.89. The minimum atomic E-state index is 0.406. The number of imidazole rings is 1. The van der Waals surface area contributed by atoms with Gasteiger partial charge in [0.05, 0.1) is 29.3 Å². The molecular formula is C18H20N4. The molecule has 0 aliphatic carbocycles. The predicted octanol–water partition coefficient (Wildman–Crippen LogP) is 3.69. The standard InChI is InChI=1S/C18H20N4/c1-2-8-15-14(7-1)20-18(21-15)13-22-12-6-4-10-17(22)16-9-3-5-11-19-16/h1-3,5,7-9,11,17H,4,6,10,12-13H2,(H,20,21)/t17-/m0/s1. The predicted molar refractivity (Wildman–Crippen MR) is 87.3 cm³/mol. The van der Waals surface area contributed by atoms with Crippen molar-refractivity contribution in [3.8, 4) is 0 Å². The zero-order valence-electron chi connectivity index (χ0n) is 12.6. The van der Waals surface area contributed by atoms with Crippen molar-refractivity contribution in [3.05, 3.63) is 60.2 Å². The third-order valence-corrected chi connectivity index (χ3v) is 4.43. The number of piperidine rings is 1. The average Bonchev–Trinajstić information content (AvgIpc) is 2.98. The van der Waals surface area contributed by atoms with E-state index in [1.807, 2.05) is 24.4 Å². The molecule has 4 heteroatoms. The highest BCUT2D eigenvalue weighted by Crippen LogP contribution is 2.30. The summed E-state index contributed by atoms with van der Waals surface area (Å²) in [7, 11) is 0. The van der Waals surface area contributed by atoms with Gasteiger partial charge in [-0.1, -0.05) is 24.6 Å². The lowest BCUT2D eigenvalue weighted by molar-refractivity contribution is 0.134. The molecule has 0 amide bonds. The first kappa shape index (κ1) is 13.5. The van der Waals surface area contributed by atoms with Crippen molar-refractivity contribution in [2.24, 2.45) is 0 Å². The van der Waals surface area contributed by atoms with E-state index in [1.165, 1.54) is 25.0 Å². The second-order valence-electron chi connectivity index (χ2n) is 5.94. The number of para-hydroxylation sites is 2. The molecule has 1 fully saturated rings. The molecule has 0 spiro atoms. The van der Waals surface area contributed by atoms with Crippen LogP contribution in [0.3, 0.4) is 0 Å². The van der Waals surface area contributed by atoms with Gasteiger partial charge in [0.25, 0.3) is 0 Å². The van der Waals surface area contributed by atoms with E-state index in [9.17, 15) is 0 Å². The highest BCUT2D eigenvalue weighted by molar-refractivity contribution is 5.74. The molecule has 2 aromatic heterocycles. The number of hydrogen-bond acceptors (Lipinski definition) is 3. The first-order valence-electron chi connectivity index (χ1n) is 7.99. The molecule has 0 bridgehead atoms. The molecule has 0 unspecified atom stereocenters. The molecule has 0 saturated carbocycles. The van der Waals surface area contributed by atoms with E-state index in [2.05, 4.69) is 39.1 Å². The van der Waals surface area contributed by atoms with Crippen molar-refractivity contribution in [1.82, 2.24) is 19.9 Å². The molecule has 1 N–H and O–H groups in total. The molecule has 4 rings (SSSR count). The minimum Gasteiger partial charge on any atom is -0.341 e. The van der Waals surface area contributed by atoms with E-state index in [0.717, 1.165) is 29.9 Å². The van der Waals surface area contributed by atoms with Gasteiger partial charge < -0.3 is 4.98 Å². The molecular weight excluding hydrogens is 272 g/mol. The number of hydrogen-bond donors (Lipinski definition) is 1. The Hall–Kier alpha value is -2.20. The van der Waals surface area contributed by atoms with E-state index in [1.54, 1.807) is 0 Å². The molecule has 22 heavy (non-hydrogen) atoms. The first-order chi connectivity index (χ1) is 10.9. The van der Waals surface area contributed by atoms with Crippen molar-refractivity contribution in [3.63, 3.8) is 0 Å². The molecule has 1 atom stereocenters. The number of likely N-dealkylation sites (tertiary alicyclic amines) is 1. The number of H-pyrrole nitrogens is 1. The van der Waals surface area contributed by atoms with Crippen LogP contribution in [-0.2, 0) is 6.54 Å². The molecule has 0 radical (unpaired) electrons. The normalized spacial score (nSPS) is 19.5. The van der Waals surface area contributed by atoms with Crippen LogP contribution in [0.25, 0.3) is 11.0 Å². The maximum Gasteiger partial charge on any atom is 0.121 e. The van der Waals surface area contributed by atoms with Crippen molar-refractivity contribution >= 4 is 11.0 Å². The Bertz CT molecular complexity index is 717. The molecule has 1 aliphatic rings. The lowest BCUT2D eigenvalue weighted by Gasteiger charge is -2.34. The number of nitrogens with one attached hydrogen (secondary N) is 1. The Kier molecular flexibility index (Phi) is 3.60. The van der Waals surface area contributed by atoms with Crippen LogP contribution in [0.15, 0.2) is 48.7 Å². The number of nitrogens with zero attached hydrogens (tertiary/aromatic N) is 3. The van der Waals surface area contributed by atoms with Gasteiger partial charge in [-0.05, 0) is 43.7 Å². The smallest absolute Gasteiger partial charge is 0.121 e. The number of aromatic amines is 1. The van der Waals surface area contributed by atoms with Gasteiger partial charge >= 0.3 is 0 Å². The third kappa shape index (κ3) is 2.62. The van der Waals surface area contributed by atoms with E-state index in [-0.39, 0.29) is 0 Å². The van der Waals surface area contributed by atoms with Crippen molar-refractivity contribution < 1.29 is 0 Å². The van der Waals surface area contributed by atoms with Crippen LogP contribution >= 0.6 is 0 Å². The zero-order chi connectivity index (χ0) is 14.8. The van der Waals surface area contributed by atoms with Gasteiger partial charge in [0.2, 0.25) is 0 Å². The monoisotopic (exact) mass is 292 g/mol. The minimum absolute atomic E-state index is 0.406. The summed E-state index contributed by atoms with van der Waals surface area (Å²) in [6.07, 6.45) is 5.60. The van der Waals surface area contributed by atoms with Gasteiger partial charge in [0.15, 0.2) is 0 Å². The fourth-order valence-corrected chi connectivity index (χ4v) is 3.36. The summed E-state index contributed by atoms with van der Waals surface area (Å²) in [6.45, 7) is 1.97. The van der Waals surface area contributed by atoms with Gasteiger partial charge in [-0.3, -0.25) is 9.88 Å². The maximum atomic E-state index is 4.72. The average molecular weight is 292 g/mol. The molecule has 112 valence electrons. The first-order valence-corrected chi connectivity index (χ1v) is 7.99. The van der Waals surface area contributed by atoms with Crippen molar-refractivity contribution in [2.75, 3.05) is 6.54 Å². The van der Waals surface area contributed by atoms with Crippen LogP contribution < -0.4 is 0 Å². The van der Waals surface area contributed by atoms with Gasteiger partial charge in [-0.15, -0.1) is 0 Å². The Morgan fingerprint density at radius 2 is 2.00 bits per heavy atom. The summed E-state index contributed by atoms with van der Waals surface area (Å²) in [6, 6.07) is 14.8. The summed E-state index contributed by atoms with van der Waals surface area (Å²) in [5, 5.41) is 0. The van der Waals surface area contributed by atoms with Crippen LogP contribution in [0, 0.1) is 0 Å². The lowest BCUT2D eigenvalue weighted by atomic mass is 9.99. The molecule has 3 heterocycles. The van der Waals surface area contributed by atoms with E-state index in [0.29, 0.717) is 6.04 Å². The maximum absolute atomic E-state index is 4.72. The molecule has 1 aliphatic heterocycles. The number of rotatable bonds is 3. The van der Waals surface area contributed by atoms with Gasteiger partial charge in [-0.25, -0.2) is 4.98 Å². The fourth-order valence-electron chi connectivity index (χ4n) is 3.36. The lowest BCUT2D eigenvalue weighted by Crippen LogP contribution is -2.33. The van der Waals surface area contributed by atoms with Crippen molar-refractivity contribution in [2.45, 2.75) is 31.8 Å². The van der Waals surface area contributed by atoms with Crippen molar-refractivity contribution in [1.29, 1.82) is 0 Å². The number of benzene rings is 1. The van der Waals surface area contributed by atoms with Crippen LogP contribution in [0.5, 0.6) is 0 Å². The van der Waals surface area contributed by atoms with E-state index >= 15 is 0 Å². The molecule has 1 aromatic carbocycles. The van der Waals surface area contributed by atoms with Crippen LogP contribution in [0.1, 0.15) is 36.8 Å². The summed E-state index contributed by atoms with van der Waals surface area (Å²) >= 11 is 0. The molecule has 4 nitrogen and oxygen atoms in total. The second-order valence-corrected chi connectivity index (χ2v) is 5.94. The van der Waals surface area contributed by atoms with Gasteiger partial charge in [-0.2, -0.15) is 0 Å². The number of aromatic nitrogens is 3. The van der Waals surface area contributed by atoms with E-state index in [4.69, 9.17) is 4.98 Å². The largest absolute Gasteiger partial charge is 0.341 e. The number of pyridine rings is 1. The van der Waals surface area contributed by atoms with E-state index < -0.39 is 0 Å². The summed E-state index contributed by atoms with van der Waals surface area (Å²) in [5.74, 6) is 1.05. The Labute approximate surface area is 130 Å². The quantitative estimate of drug-likeness (QED) is 0.801. The van der Waals surface area contributed by atoms with Gasteiger partial charge in [0.1, 0.15) is 5.82 Å². The number of fused-ring (bicyclic) bond motifs is 1. The topological polar surface area (TPSA) is 44.8 Å². The Balaban J connectivity index is 1.59. The Morgan fingerprint density at radius 1 is 1.09 bits per heavy atom. The third-order valence-electron chi connectivity index (χ3n) is 4.43. The van der Waals surface area contributed by atoms with Crippen LogP contribution in [-0.4, -0.2) is 26.4 Å². The molecule has 3 aromatic rings. The Morgan fingerprint density at radius 3 is 2.86 bits per heavy atom. The summed E-state index contributed by atoms with van der Waals surface area (Å²) in [4.78, 5) is 15.2. The summed E-state index contributed by atoms with van der Waals surface area (Å²) < 4.78 is 0. The van der Waals surface area contributed by atoms with Gasteiger partial charge in [0, 0.05) is 6.20 Å². The molecule has 1 saturated heterocycles. The zero-order valence-corrected chi connectivity index (χ0v) is 12.6. The van der Waals surface area contributed by atoms with Crippen LogP contribution in [0.2, 0.25) is 0 Å². The SMILES string of the molecule is c1ccc([C@@H]2CCCCN2Cc2nc3ccccc3[nH]2)nc1. The highest BCUT2D eigenvalue weighted by atomic mass is 15.2. The fraction of sp³-hybridized carbons (Fsp3) is 0.333. The highest BCUT2D eigenvalue weighted by Gasteiger charge is 2.25. The van der Waals surface area contributed by atoms with Crippen LogP contribution in [0.4, 0.5) is 0 Å². The summed E-state index contributed by atoms with van der Waals surface area (Å²) in [5.41, 5.74) is 3.34.